The van der Waals surface area contributed by atoms with Gasteiger partial charge in [0.2, 0.25) is 0 Å². The summed E-state index contributed by atoms with van der Waals surface area (Å²) in [7, 11) is 0. The second kappa shape index (κ2) is 31.7. The summed E-state index contributed by atoms with van der Waals surface area (Å²) in [6, 6.07) is 0. The molecule has 0 saturated carbocycles. The molecule has 0 aliphatic carbocycles. The van der Waals surface area contributed by atoms with Crippen LogP contribution < -0.4 is 14.7 Å². The summed E-state index contributed by atoms with van der Waals surface area (Å²) in [5, 5.41) is 0. The molecule has 3 unspecified atom stereocenters. The van der Waals surface area contributed by atoms with Crippen molar-refractivity contribution in [1.29, 1.82) is 0 Å². The Balaban J connectivity index is -0.000000113. The summed E-state index contributed by atoms with van der Waals surface area (Å²) in [5.74, 6) is 0. The van der Waals surface area contributed by atoms with Crippen molar-refractivity contribution < 1.29 is 53.5 Å². The fraction of sp³-hybridized carbons (Fsp3) is 1.00. The van der Waals surface area contributed by atoms with Crippen LogP contribution in [0.2, 0.25) is 0 Å². The first kappa shape index (κ1) is 46.3. The van der Waals surface area contributed by atoms with Crippen molar-refractivity contribution in [1.82, 2.24) is 0 Å². The van der Waals surface area contributed by atoms with Gasteiger partial charge in [0.15, 0.2) is 12.5 Å². The molecule has 33 heavy (non-hydrogen) atoms. The maximum absolute atomic E-state index is 10.6. The first-order valence-corrected chi connectivity index (χ1v) is 21.1. The molecule has 0 bridgehead atoms. The molecule has 0 rings (SSSR count). The van der Waals surface area contributed by atoms with E-state index in [2.05, 4.69) is 105 Å². The molecule has 0 heterocycles. The molecular formula is C15H33MoO7P3S7. The van der Waals surface area contributed by atoms with E-state index in [0.29, 0.717) is 19.8 Å². The molecule has 0 aromatic rings. The molecule has 0 N–H and O–H groups in total. The molecule has 0 aromatic heterocycles. The van der Waals surface area contributed by atoms with Crippen LogP contribution in [0.4, 0.5) is 0 Å². The molecule has 0 saturated heterocycles. The van der Waals surface area contributed by atoms with Crippen molar-refractivity contribution in [3.63, 3.8) is 0 Å². The molecule has 18 heteroatoms. The first-order chi connectivity index (χ1) is 14.7. The normalized spacial score (nSPS) is 15.3. The van der Waals surface area contributed by atoms with Gasteiger partial charge in [-0.25, -0.2) is 0 Å². The van der Waals surface area contributed by atoms with Crippen LogP contribution in [0.25, 0.3) is 0 Å². The minimum absolute atomic E-state index is 0. The molecule has 0 fully saturated rings. The van der Waals surface area contributed by atoms with Crippen LogP contribution in [-0.4, -0.2) is 24.0 Å². The fourth-order valence-corrected chi connectivity index (χ4v) is 3.99. The first-order valence-electron chi connectivity index (χ1n) is 9.84. The Morgan fingerprint density at radius 3 is 0.879 bits per heavy atom. The molecule has 0 amide bonds. The van der Waals surface area contributed by atoms with Gasteiger partial charge < -0.3 is 65.0 Å². The van der Waals surface area contributed by atoms with Crippen LogP contribution in [0.1, 0.15) is 78.6 Å². The van der Waals surface area contributed by atoms with Gasteiger partial charge in [0.05, 0.1) is 0 Å². The van der Waals surface area contributed by atoms with Crippen LogP contribution in [0.5, 0.6) is 0 Å². The third-order valence-corrected chi connectivity index (χ3v) is 6.39. The van der Waals surface area contributed by atoms with Crippen LogP contribution >= 0.6 is 17.1 Å². The van der Waals surface area contributed by atoms with E-state index in [1.165, 1.54) is 0 Å². The zero-order valence-corrected chi connectivity index (χ0v) is 29.4. The summed E-state index contributed by atoms with van der Waals surface area (Å²) in [6.45, 7) is 7.58. The van der Waals surface area contributed by atoms with Crippen LogP contribution in [0.15, 0.2) is 0 Å². The van der Waals surface area contributed by atoms with E-state index < -0.39 is 17.1 Å². The average Bonchev–Trinajstić information content (AvgIpc) is 2.66. The summed E-state index contributed by atoms with van der Waals surface area (Å²) in [4.78, 5) is 31.8. The predicted octanol–water partition coefficient (Wildman–Crippen LogP) is 3.64. The topological polar surface area (TPSA) is 114 Å². The molecule has 0 aliphatic rings. The van der Waals surface area contributed by atoms with Crippen LogP contribution in [-0.2, 0) is 119 Å². The second-order valence-corrected chi connectivity index (χ2v) is 20.2. The van der Waals surface area contributed by atoms with E-state index >= 15 is 0 Å². The molecule has 0 aliphatic heterocycles. The van der Waals surface area contributed by atoms with Gasteiger partial charge in [-0.3, -0.25) is 0 Å². The second-order valence-electron chi connectivity index (χ2n) is 5.96. The largest absolute Gasteiger partial charge is 6.00 e. The Labute approximate surface area is 251 Å². The van der Waals surface area contributed by atoms with E-state index in [1.807, 2.05) is 0 Å². The van der Waals surface area contributed by atoms with Gasteiger partial charge in [0, 0.05) is 19.8 Å². The van der Waals surface area contributed by atoms with Crippen LogP contribution in [0.3, 0.4) is 0 Å². The van der Waals surface area contributed by atoms with Crippen molar-refractivity contribution >= 4 is 102 Å². The number of rotatable bonds is 15. The summed E-state index contributed by atoms with van der Waals surface area (Å²) >= 11 is 29.1. The fourth-order valence-electron chi connectivity index (χ4n) is 1.59. The third kappa shape index (κ3) is 66.4. The minimum Gasteiger partial charge on any atom is -0.819 e. The minimum atomic E-state index is -3.04. The van der Waals surface area contributed by atoms with E-state index in [4.69, 9.17) is 17.8 Å². The monoisotopic (exact) mass is 740 g/mol. The molecule has 0 spiro atoms. The smallest absolute Gasteiger partial charge is 0.819 e. The van der Waals surface area contributed by atoms with Gasteiger partial charge in [-0.05, 0) is 19.3 Å². The van der Waals surface area contributed by atoms with Gasteiger partial charge in [-0.15, -0.1) is 52.5 Å². The van der Waals surface area contributed by atoms with Crippen molar-refractivity contribution in [3.05, 3.63) is 0 Å². The van der Waals surface area contributed by atoms with E-state index in [-0.39, 0.29) is 21.1 Å². The van der Waals surface area contributed by atoms with Crippen molar-refractivity contribution in [3.8, 4) is 0 Å². The summed E-state index contributed by atoms with van der Waals surface area (Å²) < 4.78 is 22.0. The van der Waals surface area contributed by atoms with Crippen LogP contribution in [0, 0.1) is 0 Å². The predicted molar refractivity (Wildman–Crippen MR) is 150 cm³/mol. The Hall–Kier alpha value is 3.47. The van der Waals surface area contributed by atoms with Crippen molar-refractivity contribution in [2.75, 3.05) is 19.8 Å². The molecule has 198 valence electrons. The van der Waals surface area contributed by atoms with Gasteiger partial charge in [0.1, 0.15) is 0 Å². The molecule has 0 radical (unpaired) electrons. The average molecular weight is 739 g/mol. The molecule has 0 aromatic carbocycles. The van der Waals surface area contributed by atoms with Gasteiger partial charge in [-0.1, -0.05) is 59.3 Å². The maximum atomic E-state index is 10.6. The molecule has 3 atom stereocenters. The van der Waals surface area contributed by atoms with Gasteiger partial charge >= 0.3 is 21.1 Å². The Morgan fingerprint density at radius 2 is 0.758 bits per heavy atom. The summed E-state index contributed by atoms with van der Waals surface area (Å²) in [5.41, 5.74) is -9.12. The molecular weight excluding hydrogens is 705 g/mol. The zero-order valence-electron chi connectivity index (χ0n) is 19.0. The number of hydrogen-bond acceptors (Lipinski definition) is 14. The standard InChI is InChI=1S/3C5H13O2PS2.Mo.OS/c3*1-2-3-4-5-7-8(6,9)10;;1-2/h3*2-5H2,1H3,(H2,6,9,10);;/q;;;+6;/p-6. The van der Waals surface area contributed by atoms with E-state index in [9.17, 15) is 14.7 Å². The van der Waals surface area contributed by atoms with Gasteiger partial charge in [-0.2, -0.15) is 4.21 Å². The third-order valence-electron chi connectivity index (χ3n) is 2.99. The number of unbranched alkanes of at least 4 members (excludes halogenated alkanes) is 6. The van der Waals surface area contributed by atoms with E-state index in [0.717, 1.165) is 57.8 Å². The van der Waals surface area contributed by atoms with Crippen molar-refractivity contribution in [2.24, 2.45) is 0 Å². The Morgan fingerprint density at radius 1 is 0.576 bits per heavy atom. The number of hydrogen-bond donors (Lipinski definition) is 0. The SMILES string of the molecule is CCCCCOP([O-])(=S)[S-].CCCCCOP([O-])(=S)[S-].CCCCCOP([O-])(=S)[S-].O=S.[Mo+6]. The maximum Gasteiger partial charge on any atom is 6.00 e. The zero-order chi connectivity index (χ0) is 26.1. The molecule has 7 nitrogen and oxygen atoms in total. The summed E-state index contributed by atoms with van der Waals surface area (Å²) in [6.07, 6.45) is 9.25. The van der Waals surface area contributed by atoms with E-state index in [1.54, 1.807) is 0 Å². The van der Waals surface area contributed by atoms with Gasteiger partial charge in [0.25, 0.3) is 0 Å². The van der Waals surface area contributed by atoms with Crippen molar-refractivity contribution in [2.45, 2.75) is 78.6 Å². The Bertz CT molecular complexity index is 465. The Kier molecular flexibility index (Phi) is 44.5. The quantitative estimate of drug-likeness (QED) is 0.106.